The number of amides is 1. The van der Waals surface area contributed by atoms with Crippen molar-refractivity contribution in [2.24, 2.45) is 11.7 Å². The number of carbonyl (C=O) groups excluding carboxylic acids is 1. The van der Waals surface area contributed by atoms with E-state index in [1.807, 2.05) is 17.5 Å². The summed E-state index contributed by atoms with van der Waals surface area (Å²) in [6.07, 6.45) is 5.76. The average molecular weight is 258 g/mol. The molecule has 2 aromatic heterocycles. The van der Waals surface area contributed by atoms with Gasteiger partial charge in [0.15, 0.2) is 0 Å². The van der Waals surface area contributed by atoms with Crippen molar-refractivity contribution in [2.75, 3.05) is 12.4 Å². The molecule has 0 unspecified atom stereocenters. The predicted molar refractivity (Wildman–Crippen MR) is 77.1 cm³/mol. The van der Waals surface area contributed by atoms with Crippen LogP contribution in [-0.2, 0) is 0 Å². The number of imidazole rings is 1. The van der Waals surface area contributed by atoms with Gasteiger partial charge in [-0.1, -0.05) is 19.9 Å². The number of allylic oxidation sites excluding steroid dienone is 1. The summed E-state index contributed by atoms with van der Waals surface area (Å²) < 4.78 is 1.83. The average Bonchev–Trinajstić information content (AvgIpc) is 2.72. The van der Waals surface area contributed by atoms with Gasteiger partial charge in [0.2, 0.25) is 5.91 Å². The van der Waals surface area contributed by atoms with E-state index in [0.29, 0.717) is 11.5 Å². The van der Waals surface area contributed by atoms with E-state index in [9.17, 15) is 4.79 Å². The Bertz CT molecular complexity index is 640. The van der Waals surface area contributed by atoms with Crippen LogP contribution in [0.3, 0.4) is 0 Å². The fraction of sp³-hybridized carbons (Fsp3) is 0.286. The number of aromatic nitrogens is 2. The molecule has 0 radical (unpaired) electrons. The second-order valence-corrected chi connectivity index (χ2v) is 4.71. The maximum atomic E-state index is 11.2. The number of pyridine rings is 1. The Morgan fingerprint density at radius 3 is 2.79 bits per heavy atom. The normalized spacial score (nSPS) is 11.6. The van der Waals surface area contributed by atoms with Crippen LogP contribution in [-0.4, -0.2) is 22.3 Å². The molecule has 5 heteroatoms. The highest BCUT2D eigenvalue weighted by molar-refractivity contribution is 5.93. The minimum atomic E-state index is -0.447. The van der Waals surface area contributed by atoms with Crippen molar-refractivity contribution >= 4 is 23.4 Å². The van der Waals surface area contributed by atoms with Crippen molar-refractivity contribution in [1.82, 2.24) is 9.38 Å². The maximum absolute atomic E-state index is 11.2. The summed E-state index contributed by atoms with van der Waals surface area (Å²) in [6, 6.07) is 3.47. The van der Waals surface area contributed by atoms with E-state index >= 15 is 0 Å². The first-order chi connectivity index (χ1) is 9.02. The number of nitrogens with two attached hydrogens (primary N) is 1. The lowest BCUT2D eigenvalue weighted by molar-refractivity contribution is 0.1000. The minimum absolute atomic E-state index is 0.447. The molecule has 100 valence electrons. The van der Waals surface area contributed by atoms with Crippen LogP contribution >= 0.6 is 0 Å². The van der Waals surface area contributed by atoms with Gasteiger partial charge in [0.25, 0.3) is 0 Å². The van der Waals surface area contributed by atoms with Gasteiger partial charge >= 0.3 is 0 Å². The number of rotatable bonds is 4. The minimum Gasteiger partial charge on any atom is -0.372 e. The molecule has 0 saturated heterocycles. The van der Waals surface area contributed by atoms with Gasteiger partial charge in [-0.15, -0.1) is 0 Å². The highest BCUT2D eigenvalue weighted by Crippen LogP contribution is 2.20. The van der Waals surface area contributed by atoms with E-state index in [1.165, 1.54) is 0 Å². The molecule has 0 saturated carbocycles. The molecular weight excluding hydrogens is 240 g/mol. The van der Waals surface area contributed by atoms with Crippen LogP contribution < -0.4 is 11.1 Å². The fourth-order valence-electron chi connectivity index (χ4n) is 1.86. The number of nitrogens with zero attached hydrogens (tertiary/aromatic N) is 2. The SMILES string of the molecule is CNc1c(/C=C/C(C)C)nc2ccc(C(N)=O)cn12. The number of anilines is 1. The van der Waals surface area contributed by atoms with Crippen LogP contribution in [0.25, 0.3) is 11.7 Å². The molecule has 0 aliphatic rings. The Balaban J connectivity index is 2.58. The van der Waals surface area contributed by atoms with Crippen molar-refractivity contribution in [3.05, 3.63) is 35.7 Å². The molecule has 5 nitrogen and oxygen atoms in total. The van der Waals surface area contributed by atoms with Gasteiger partial charge in [0, 0.05) is 13.2 Å². The molecule has 0 bridgehead atoms. The second-order valence-electron chi connectivity index (χ2n) is 4.71. The quantitative estimate of drug-likeness (QED) is 0.882. The predicted octanol–water partition coefficient (Wildman–Crippen LogP) is 2.14. The summed E-state index contributed by atoms with van der Waals surface area (Å²) in [5.41, 5.74) is 7.37. The number of primary amides is 1. The first-order valence-corrected chi connectivity index (χ1v) is 6.20. The highest BCUT2D eigenvalue weighted by atomic mass is 16.1. The molecule has 1 amide bonds. The molecule has 3 N–H and O–H groups in total. The van der Waals surface area contributed by atoms with Crippen molar-refractivity contribution < 1.29 is 4.79 Å². The molecule has 0 atom stereocenters. The summed E-state index contributed by atoms with van der Waals surface area (Å²) in [4.78, 5) is 15.7. The number of hydrogen-bond acceptors (Lipinski definition) is 3. The van der Waals surface area contributed by atoms with E-state index in [-0.39, 0.29) is 0 Å². The Morgan fingerprint density at radius 2 is 2.21 bits per heavy atom. The molecule has 0 aliphatic carbocycles. The number of hydrogen-bond donors (Lipinski definition) is 2. The summed E-state index contributed by atoms with van der Waals surface area (Å²) in [5, 5.41) is 3.11. The molecule has 19 heavy (non-hydrogen) atoms. The van der Waals surface area contributed by atoms with Crippen molar-refractivity contribution in [3.8, 4) is 0 Å². The van der Waals surface area contributed by atoms with E-state index in [4.69, 9.17) is 5.73 Å². The highest BCUT2D eigenvalue weighted by Gasteiger charge is 2.10. The summed E-state index contributed by atoms with van der Waals surface area (Å²) >= 11 is 0. The molecule has 0 spiro atoms. The molecule has 2 aromatic rings. The zero-order valence-corrected chi connectivity index (χ0v) is 11.3. The van der Waals surface area contributed by atoms with Crippen molar-refractivity contribution in [1.29, 1.82) is 0 Å². The largest absolute Gasteiger partial charge is 0.372 e. The lowest BCUT2D eigenvalue weighted by atomic mass is 10.2. The summed E-state index contributed by atoms with van der Waals surface area (Å²) in [6.45, 7) is 4.22. The van der Waals surface area contributed by atoms with Crippen LogP contribution in [0.1, 0.15) is 29.9 Å². The van der Waals surface area contributed by atoms with Gasteiger partial charge in [-0.25, -0.2) is 4.98 Å². The van der Waals surface area contributed by atoms with Crippen molar-refractivity contribution in [3.63, 3.8) is 0 Å². The van der Waals surface area contributed by atoms with Gasteiger partial charge in [-0.3, -0.25) is 9.20 Å². The molecule has 0 aromatic carbocycles. The molecule has 2 heterocycles. The van der Waals surface area contributed by atoms with Gasteiger partial charge in [0.1, 0.15) is 17.2 Å². The summed E-state index contributed by atoms with van der Waals surface area (Å²) in [7, 11) is 1.83. The lowest BCUT2D eigenvalue weighted by Crippen LogP contribution is -2.11. The Hall–Kier alpha value is -2.30. The Labute approximate surface area is 112 Å². The smallest absolute Gasteiger partial charge is 0.250 e. The van der Waals surface area contributed by atoms with E-state index in [0.717, 1.165) is 17.2 Å². The van der Waals surface area contributed by atoms with Gasteiger partial charge in [0.05, 0.1) is 5.56 Å². The number of fused-ring (bicyclic) bond motifs is 1. The van der Waals surface area contributed by atoms with Gasteiger partial charge in [-0.2, -0.15) is 0 Å². The van der Waals surface area contributed by atoms with Crippen LogP contribution in [0.4, 0.5) is 5.82 Å². The number of carbonyl (C=O) groups is 1. The fourth-order valence-corrected chi connectivity index (χ4v) is 1.86. The van der Waals surface area contributed by atoms with Crippen LogP contribution in [0.15, 0.2) is 24.4 Å². The van der Waals surface area contributed by atoms with Crippen LogP contribution in [0.2, 0.25) is 0 Å². The maximum Gasteiger partial charge on any atom is 0.250 e. The Morgan fingerprint density at radius 1 is 1.47 bits per heavy atom. The lowest BCUT2D eigenvalue weighted by Gasteiger charge is -2.03. The van der Waals surface area contributed by atoms with E-state index in [1.54, 1.807) is 18.3 Å². The molecule has 2 rings (SSSR count). The van der Waals surface area contributed by atoms with Crippen LogP contribution in [0, 0.1) is 5.92 Å². The molecular formula is C14H18N4O. The first kappa shape index (κ1) is 13.1. The monoisotopic (exact) mass is 258 g/mol. The zero-order chi connectivity index (χ0) is 14.0. The van der Waals surface area contributed by atoms with Gasteiger partial charge in [-0.05, 0) is 24.1 Å². The molecule has 0 fully saturated rings. The Kier molecular flexibility index (Phi) is 3.55. The topological polar surface area (TPSA) is 72.4 Å². The third-order valence-corrected chi connectivity index (χ3v) is 2.81. The number of nitrogens with one attached hydrogen (secondary N) is 1. The standard InChI is InChI=1S/C14H18N4O/c1-9(2)4-6-11-14(16-3)18-8-10(13(15)19)5-7-12(18)17-11/h4-9,16H,1-3H3,(H2,15,19)/b6-4+. The second kappa shape index (κ2) is 5.14. The third-order valence-electron chi connectivity index (χ3n) is 2.81. The third kappa shape index (κ3) is 2.59. The summed E-state index contributed by atoms with van der Waals surface area (Å²) in [5.74, 6) is 0.850. The molecule has 0 aliphatic heterocycles. The van der Waals surface area contributed by atoms with E-state index in [2.05, 4.69) is 30.2 Å². The van der Waals surface area contributed by atoms with Crippen LogP contribution in [0.5, 0.6) is 0 Å². The van der Waals surface area contributed by atoms with Gasteiger partial charge < -0.3 is 11.1 Å². The zero-order valence-electron chi connectivity index (χ0n) is 11.3. The van der Waals surface area contributed by atoms with Crippen molar-refractivity contribution in [2.45, 2.75) is 13.8 Å². The van der Waals surface area contributed by atoms with E-state index < -0.39 is 5.91 Å². The first-order valence-electron chi connectivity index (χ1n) is 6.20.